The first kappa shape index (κ1) is 15.9. The molecule has 1 aromatic rings. The van der Waals surface area contributed by atoms with Gasteiger partial charge in [-0.3, -0.25) is 4.79 Å². The van der Waals surface area contributed by atoms with E-state index in [4.69, 9.17) is 0 Å². The van der Waals surface area contributed by atoms with Gasteiger partial charge in [-0.05, 0) is 29.7 Å². The fraction of sp³-hybridized carbons (Fsp3) is 0.333. The maximum atomic E-state index is 13.0. The van der Waals surface area contributed by atoms with Gasteiger partial charge in [-0.25, -0.2) is 9.18 Å². The lowest BCUT2D eigenvalue weighted by Gasteiger charge is -2.18. The number of esters is 1. The number of halogens is 1. The number of methoxy groups -OCH3 is 1. The van der Waals surface area contributed by atoms with E-state index in [1.54, 1.807) is 26.0 Å². The lowest BCUT2D eigenvalue weighted by molar-refractivity contribution is -0.145. The first-order valence-corrected chi connectivity index (χ1v) is 6.26. The fourth-order valence-electron chi connectivity index (χ4n) is 1.61. The summed E-state index contributed by atoms with van der Waals surface area (Å²) < 4.78 is 17.6. The van der Waals surface area contributed by atoms with E-state index < -0.39 is 17.9 Å². The molecule has 0 aliphatic carbocycles. The van der Waals surface area contributed by atoms with Gasteiger partial charge in [0.2, 0.25) is 5.91 Å². The summed E-state index contributed by atoms with van der Waals surface area (Å²) in [7, 11) is 1.27. The van der Waals surface area contributed by atoms with E-state index in [0.717, 1.165) is 0 Å². The summed E-state index contributed by atoms with van der Waals surface area (Å²) in [6, 6.07) is 5.16. The minimum atomic E-state index is -0.704. The van der Waals surface area contributed by atoms with Crippen LogP contribution in [0.15, 0.2) is 30.3 Å². The Hall–Kier alpha value is -2.17. The molecule has 0 fully saturated rings. The van der Waals surface area contributed by atoms with Crippen LogP contribution in [0.2, 0.25) is 0 Å². The van der Waals surface area contributed by atoms with E-state index in [1.165, 1.54) is 31.4 Å². The van der Waals surface area contributed by atoms with Crippen molar-refractivity contribution in [1.82, 2.24) is 5.32 Å². The monoisotopic (exact) mass is 279 g/mol. The first-order chi connectivity index (χ1) is 9.43. The van der Waals surface area contributed by atoms with Crippen LogP contribution >= 0.6 is 0 Å². The highest BCUT2D eigenvalue weighted by atomic mass is 19.1. The summed E-state index contributed by atoms with van der Waals surface area (Å²) in [5.74, 6) is -1.39. The summed E-state index contributed by atoms with van der Waals surface area (Å²) in [4.78, 5) is 23.2. The molecular weight excluding hydrogens is 261 g/mol. The van der Waals surface area contributed by atoms with Crippen molar-refractivity contribution in [2.24, 2.45) is 5.92 Å². The Morgan fingerprint density at radius 1 is 1.35 bits per heavy atom. The zero-order chi connectivity index (χ0) is 15.1. The Morgan fingerprint density at radius 3 is 2.60 bits per heavy atom. The molecule has 5 heteroatoms. The number of hydrogen-bond acceptors (Lipinski definition) is 3. The zero-order valence-corrected chi connectivity index (χ0v) is 11.7. The molecule has 0 radical (unpaired) electrons. The van der Waals surface area contributed by atoms with Crippen LogP contribution in [0.25, 0.3) is 6.08 Å². The number of carbonyl (C=O) groups excluding carboxylic acids is 2. The highest BCUT2D eigenvalue weighted by Gasteiger charge is 2.23. The minimum Gasteiger partial charge on any atom is -0.467 e. The molecular formula is C15H18FNO3. The number of amides is 1. The van der Waals surface area contributed by atoms with E-state index in [2.05, 4.69) is 10.1 Å². The predicted molar refractivity (Wildman–Crippen MR) is 74.2 cm³/mol. The van der Waals surface area contributed by atoms with Crippen molar-refractivity contribution < 1.29 is 18.7 Å². The second-order valence-corrected chi connectivity index (χ2v) is 4.64. The molecule has 1 atom stereocenters. The summed E-state index contributed by atoms with van der Waals surface area (Å²) >= 11 is 0. The van der Waals surface area contributed by atoms with Crippen molar-refractivity contribution in [3.63, 3.8) is 0 Å². The molecule has 0 spiro atoms. The highest BCUT2D eigenvalue weighted by molar-refractivity contribution is 5.94. The molecule has 1 unspecified atom stereocenters. The number of ether oxygens (including phenoxy) is 1. The Morgan fingerprint density at radius 2 is 2.05 bits per heavy atom. The molecule has 0 heterocycles. The lowest BCUT2D eigenvalue weighted by Crippen LogP contribution is -2.44. The largest absolute Gasteiger partial charge is 0.467 e. The van der Waals surface area contributed by atoms with E-state index in [9.17, 15) is 14.0 Å². The molecule has 0 bridgehead atoms. The van der Waals surface area contributed by atoms with Crippen LogP contribution in [0.5, 0.6) is 0 Å². The lowest BCUT2D eigenvalue weighted by atomic mass is 10.0. The number of nitrogens with one attached hydrogen (secondary N) is 1. The van der Waals surface area contributed by atoms with Gasteiger partial charge < -0.3 is 10.1 Å². The van der Waals surface area contributed by atoms with Crippen LogP contribution in [-0.2, 0) is 14.3 Å². The number of rotatable bonds is 5. The average molecular weight is 279 g/mol. The van der Waals surface area contributed by atoms with Gasteiger partial charge in [-0.2, -0.15) is 0 Å². The molecule has 0 aliphatic rings. The third-order valence-corrected chi connectivity index (χ3v) is 2.70. The third-order valence-electron chi connectivity index (χ3n) is 2.70. The van der Waals surface area contributed by atoms with Gasteiger partial charge in [0.25, 0.3) is 0 Å². The van der Waals surface area contributed by atoms with Crippen molar-refractivity contribution in [3.05, 3.63) is 41.7 Å². The van der Waals surface area contributed by atoms with Gasteiger partial charge >= 0.3 is 5.97 Å². The van der Waals surface area contributed by atoms with Gasteiger partial charge in [0.15, 0.2) is 0 Å². The van der Waals surface area contributed by atoms with Crippen molar-refractivity contribution in [3.8, 4) is 0 Å². The van der Waals surface area contributed by atoms with Crippen molar-refractivity contribution in [1.29, 1.82) is 0 Å². The molecule has 1 N–H and O–H groups in total. The van der Waals surface area contributed by atoms with Gasteiger partial charge in [0, 0.05) is 6.08 Å². The zero-order valence-electron chi connectivity index (χ0n) is 11.7. The predicted octanol–water partition coefficient (Wildman–Crippen LogP) is 2.15. The Labute approximate surface area is 117 Å². The normalized spacial score (nSPS) is 12.4. The Balaban J connectivity index is 2.68. The van der Waals surface area contributed by atoms with Gasteiger partial charge in [-0.15, -0.1) is 0 Å². The van der Waals surface area contributed by atoms with Gasteiger partial charge in [0.05, 0.1) is 7.11 Å². The molecule has 0 saturated heterocycles. The third kappa shape index (κ3) is 4.84. The van der Waals surface area contributed by atoms with Gasteiger partial charge in [0.1, 0.15) is 11.9 Å². The molecule has 20 heavy (non-hydrogen) atoms. The fourth-order valence-corrected chi connectivity index (χ4v) is 1.61. The summed E-state index contributed by atoms with van der Waals surface area (Å²) in [5, 5.41) is 2.56. The topological polar surface area (TPSA) is 55.4 Å². The van der Waals surface area contributed by atoms with E-state index in [1.807, 2.05) is 0 Å². The molecule has 0 aromatic heterocycles. The first-order valence-electron chi connectivity index (χ1n) is 6.26. The van der Waals surface area contributed by atoms with E-state index >= 15 is 0 Å². The highest BCUT2D eigenvalue weighted by Crippen LogP contribution is 2.06. The second-order valence-electron chi connectivity index (χ2n) is 4.64. The van der Waals surface area contributed by atoms with Crippen LogP contribution in [0.4, 0.5) is 4.39 Å². The molecule has 1 rings (SSSR count). The van der Waals surface area contributed by atoms with Crippen LogP contribution in [0.1, 0.15) is 19.4 Å². The van der Waals surface area contributed by atoms with Gasteiger partial charge in [-0.1, -0.05) is 26.0 Å². The maximum absolute atomic E-state index is 13.0. The van der Waals surface area contributed by atoms with E-state index in [-0.39, 0.29) is 11.7 Å². The number of benzene rings is 1. The molecule has 0 aliphatic heterocycles. The van der Waals surface area contributed by atoms with Crippen LogP contribution in [0, 0.1) is 11.7 Å². The maximum Gasteiger partial charge on any atom is 0.328 e. The molecule has 108 valence electrons. The average Bonchev–Trinajstić information content (AvgIpc) is 2.41. The van der Waals surface area contributed by atoms with Crippen LogP contribution < -0.4 is 5.32 Å². The Kier molecular flexibility index (Phi) is 5.90. The summed E-state index contributed by atoms with van der Waals surface area (Å²) in [6.07, 6.45) is 2.74. The molecule has 0 saturated carbocycles. The SMILES string of the molecule is COC(=O)C(NC(=O)/C=C/c1cccc(F)c1)C(C)C. The number of carbonyl (C=O) groups is 2. The van der Waals surface area contributed by atoms with Crippen molar-refractivity contribution in [2.75, 3.05) is 7.11 Å². The van der Waals surface area contributed by atoms with Crippen molar-refractivity contribution >= 4 is 18.0 Å². The molecule has 1 amide bonds. The molecule has 1 aromatic carbocycles. The summed E-state index contributed by atoms with van der Waals surface area (Å²) in [5.41, 5.74) is 0.569. The Bertz CT molecular complexity index is 512. The van der Waals surface area contributed by atoms with Crippen LogP contribution in [0.3, 0.4) is 0 Å². The smallest absolute Gasteiger partial charge is 0.328 e. The van der Waals surface area contributed by atoms with Crippen LogP contribution in [-0.4, -0.2) is 25.0 Å². The van der Waals surface area contributed by atoms with E-state index in [0.29, 0.717) is 5.56 Å². The summed E-state index contributed by atoms with van der Waals surface area (Å²) in [6.45, 7) is 3.61. The minimum absolute atomic E-state index is 0.0889. The molecule has 4 nitrogen and oxygen atoms in total. The van der Waals surface area contributed by atoms with Crippen molar-refractivity contribution in [2.45, 2.75) is 19.9 Å². The number of hydrogen-bond donors (Lipinski definition) is 1. The standard InChI is InChI=1S/C15H18FNO3/c1-10(2)14(15(19)20-3)17-13(18)8-7-11-5-4-6-12(16)9-11/h4-10,14H,1-3H3,(H,17,18)/b8-7+. The quantitative estimate of drug-likeness (QED) is 0.663. The second kappa shape index (κ2) is 7.43.